The molecule has 0 atom stereocenters. The quantitative estimate of drug-likeness (QED) is 0.558. The van der Waals surface area contributed by atoms with Gasteiger partial charge in [-0.2, -0.15) is 0 Å². The third-order valence-electron chi connectivity index (χ3n) is 0.750. The van der Waals surface area contributed by atoms with Crippen LogP contribution in [0.3, 0.4) is 0 Å². The number of rotatable bonds is 1. The molecular weight excluding hydrogens is 126 g/mol. The second kappa shape index (κ2) is 2.43. The summed E-state index contributed by atoms with van der Waals surface area (Å²) >= 11 is 0. The van der Waals surface area contributed by atoms with Crippen LogP contribution in [0, 0.1) is 0 Å². The molecule has 0 spiro atoms. The van der Waals surface area contributed by atoms with Gasteiger partial charge in [0.2, 0.25) is 0 Å². The molecule has 0 saturated carbocycles. The van der Waals surface area contributed by atoms with E-state index in [0.717, 1.165) is 0 Å². The summed E-state index contributed by atoms with van der Waals surface area (Å²) in [7, 11) is -1.04. The molecule has 9 heavy (non-hydrogen) atoms. The molecule has 2 heteroatoms. The second-order valence-corrected chi connectivity index (χ2v) is 9.38. The Morgan fingerprint density at radius 1 is 1.00 bits per heavy atom. The molecule has 0 heterocycles. The predicted octanol–water partition coefficient (Wildman–Crippen LogP) is 2.21. The van der Waals surface area contributed by atoms with E-state index in [9.17, 15) is 0 Å². The number of hydrogen-bond donors (Lipinski definition) is 1. The lowest BCUT2D eigenvalue weighted by molar-refractivity contribution is 0.513. The van der Waals surface area contributed by atoms with E-state index < -0.39 is 8.24 Å². The lowest BCUT2D eigenvalue weighted by Gasteiger charge is -2.30. The van der Waals surface area contributed by atoms with Crippen LogP contribution in [0.15, 0.2) is 0 Å². The van der Waals surface area contributed by atoms with Crippen molar-refractivity contribution >= 4 is 8.24 Å². The maximum Gasteiger partial charge on any atom is 0.116 e. The van der Waals surface area contributed by atoms with Crippen LogP contribution in [0.4, 0.5) is 0 Å². The zero-order valence-electron chi connectivity index (χ0n) is 7.50. The smallest absolute Gasteiger partial charge is 0.116 e. The number of hydrogen-bond acceptors (Lipinski definition) is 1. The van der Waals surface area contributed by atoms with E-state index in [1.54, 1.807) is 0 Å². The van der Waals surface area contributed by atoms with Crippen molar-refractivity contribution in [3.05, 3.63) is 0 Å². The molecule has 0 aliphatic heterocycles. The first-order valence-electron chi connectivity index (χ1n) is 3.50. The van der Waals surface area contributed by atoms with E-state index in [0.29, 0.717) is 5.54 Å². The van der Waals surface area contributed by atoms with Crippen molar-refractivity contribution in [2.45, 2.75) is 46.0 Å². The van der Waals surface area contributed by atoms with Crippen LogP contribution in [0.2, 0.25) is 19.6 Å². The lowest BCUT2D eigenvalue weighted by Crippen LogP contribution is -2.52. The van der Waals surface area contributed by atoms with Crippen LogP contribution >= 0.6 is 0 Å². The standard InChI is InChI=1S/C7H19NSi/c1-7(2,3)8-9(4,5)6/h8H,1-6H3. The van der Waals surface area contributed by atoms with Crippen molar-refractivity contribution in [3.8, 4) is 0 Å². The number of nitrogens with one attached hydrogen (secondary N) is 1. The van der Waals surface area contributed by atoms with E-state index in [2.05, 4.69) is 45.4 Å². The van der Waals surface area contributed by atoms with E-state index >= 15 is 0 Å². The Bertz CT molecular complexity index is 74.1. The predicted molar refractivity (Wildman–Crippen MR) is 46.2 cm³/mol. The average Bonchev–Trinajstić information content (AvgIpc) is 1.14. The Hall–Kier alpha value is 0.177. The highest BCUT2D eigenvalue weighted by Crippen LogP contribution is 2.05. The Morgan fingerprint density at radius 3 is 1.33 bits per heavy atom. The molecule has 0 amide bonds. The van der Waals surface area contributed by atoms with Gasteiger partial charge < -0.3 is 4.98 Å². The van der Waals surface area contributed by atoms with Gasteiger partial charge in [0.05, 0.1) is 0 Å². The van der Waals surface area contributed by atoms with Gasteiger partial charge in [-0.1, -0.05) is 19.6 Å². The molecule has 0 saturated heterocycles. The first-order chi connectivity index (χ1) is 3.71. The summed E-state index contributed by atoms with van der Waals surface area (Å²) in [6, 6.07) is 0. The molecular formula is C7H19NSi. The van der Waals surface area contributed by atoms with Gasteiger partial charge in [0.25, 0.3) is 0 Å². The summed E-state index contributed by atoms with van der Waals surface area (Å²) in [5, 5.41) is 0. The van der Waals surface area contributed by atoms with Crippen LogP contribution < -0.4 is 4.98 Å². The van der Waals surface area contributed by atoms with Crippen molar-refractivity contribution in [1.82, 2.24) is 4.98 Å². The summed E-state index contributed by atoms with van der Waals surface area (Å²) in [6.07, 6.45) is 0. The van der Waals surface area contributed by atoms with Gasteiger partial charge in [-0.25, -0.2) is 0 Å². The minimum Gasteiger partial charge on any atom is -0.333 e. The highest BCUT2D eigenvalue weighted by molar-refractivity contribution is 6.73. The van der Waals surface area contributed by atoms with Crippen LogP contribution in [-0.2, 0) is 0 Å². The molecule has 0 fully saturated rings. The van der Waals surface area contributed by atoms with Gasteiger partial charge in [0.1, 0.15) is 8.24 Å². The Balaban J connectivity index is 3.75. The highest BCUT2D eigenvalue weighted by Gasteiger charge is 2.20. The normalized spacial score (nSPS) is 14.0. The molecule has 0 bridgehead atoms. The first kappa shape index (κ1) is 9.18. The van der Waals surface area contributed by atoms with E-state index in [-0.39, 0.29) is 0 Å². The molecule has 0 aliphatic rings. The molecule has 0 rings (SSSR count). The average molecular weight is 145 g/mol. The summed E-state index contributed by atoms with van der Waals surface area (Å²) in [5.74, 6) is 0. The van der Waals surface area contributed by atoms with Crippen molar-refractivity contribution < 1.29 is 0 Å². The Morgan fingerprint density at radius 2 is 1.33 bits per heavy atom. The van der Waals surface area contributed by atoms with Crippen molar-refractivity contribution in [3.63, 3.8) is 0 Å². The molecule has 56 valence electrons. The highest BCUT2D eigenvalue weighted by atomic mass is 28.3. The Kier molecular flexibility index (Phi) is 2.47. The van der Waals surface area contributed by atoms with Crippen LogP contribution in [-0.4, -0.2) is 13.8 Å². The van der Waals surface area contributed by atoms with E-state index in [1.807, 2.05) is 0 Å². The third kappa shape index (κ3) is 8.18. The summed E-state index contributed by atoms with van der Waals surface area (Å²) in [5.41, 5.74) is 0.296. The summed E-state index contributed by atoms with van der Waals surface area (Å²) < 4.78 is 0. The molecule has 0 unspecified atom stereocenters. The zero-order chi connectivity index (χ0) is 7.71. The molecule has 0 aromatic carbocycles. The molecule has 1 N–H and O–H groups in total. The van der Waals surface area contributed by atoms with Crippen molar-refractivity contribution in [2.75, 3.05) is 0 Å². The second-order valence-electron chi connectivity index (χ2n) is 4.62. The minimum absolute atomic E-state index is 0.296. The first-order valence-corrected chi connectivity index (χ1v) is 7.00. The van der Waals surface area contributed by atoms with E-state index in [1.165, 1.54) is 0 Å². The summed E-state index contributed by atoms with van der Waals surface area (Å²) in [6.45, 7) is 13.6. The fourth-order valence-corrected chi connectivity index (χ4v) is 3.38. The largest absolute Gasteiger partial charge is 0.333 e. The minimum atomic E-state index is -1.04. The van der Waals surface area contributed by atoms with Gasteiger partial charge in [0.15, 0.2) is 0 Å². The van der Waals surface area contributed by atoms with Crippen LogP contribution in [0.25, 0.3) is 0 Å². The van der Waals surface area contributed by atoms with Gasteiger partial charge in [-0.05, 0) is 20.8 Å². The maximum absolute atomic E-state index is 3.60. The van der Waals surface area contributed by atoms with Gasteiger partial charge in [-0.15, -0.1) is 0 Å². The van der Waals surface area contributed by atoms with Crippen molar-refractivity contribution in [2.24, 2.45) is 0 Å². The van der Waals surface area contributed by atoms with Crippen LogP contribution in [0.1, 0.15) is 20.8 Å². The fourth-order valence-electron chi connectivity index (χ4n) is 1.12. The monoisotopic (exact) mass is 145 g/mol. The zero-order valence-corrected chi connectivity index (χ0v) is 8.50. The van der Waals surface area contributed by atoms with Crippen LogP contribution in [0.5, 0.6) is 0 Å². The Labute approximate surface area is 59.9 Å². The lowest BCUT2D eigenvalue weighted by atomic mass is 10.1. The van der Waals surface area contributed by atoms with E-state index in [4.69, 9.17) is 0 Å². The van der Waals surface area contributed by atoms with Gasteiger partial charge in [0, 0.05) is 5.54 Å². The SMILES string of the molecule is CC(C)(C)N[Si](C)(C)C. The topological polar surface area (TPSA) is 12.0 Å². The summed E-state index contributed by atoms with van der Waals surface area (Å²) in [4.78, 5) is 3.60. The molecule has 0 aliphatic carbocycles. The van der Waals surface area contributed by atoms with Gasteiger partial charge in [-0.3, -0.25) is 0 Å². The van der Waals surface area contributed by atoms with Gasteiger partial charge >= 0.3 is 0 Å². The molecule has 0 radical (unpaired) electrons. The molecule has 0 aromatic heterocycles. The maximum atomic E-state index is 3.60. The third-order valence-corrected chi connectivity index (χ3v) is 2.25. The molecule has 0 aromatic rings. The molecule has 1 nitrogen and oxygen atoms in total. The van der Waals surface area contributed by atoms with Crippen molar-refractivity contribution in [1.29, 1.82) is 0 Å². The fraction of sp³-hybridized carbons (Fsp3) is 1.00.